The van der Waals surface area contributed by atoms with Gasteiger partial charge in [0, 0.05) is 39.0 Å². The quantitative estimate of drug-likeness (QED) is 0.179. The van der Waals surface area contributed by atoms with Crippen LogP contribution in [0.2, 0.25) is 0 Å². The predicted molar refractivity (Wildman–Crippen MR) is 165 cm³/mol. The molecule has 0 unspecified atom stereocenters. The number of rotatable bonds is 0. The Hall–Kier alpha value is -2.80. The second-order valence-corrected chi connectivity index (χ2v) is 12.3. The zero-order chi connectivity index (χ0) is 23.7. The molecule has 0 fully saturated rings. The van der Waals surface area contributed by atoms with Crippen molar-refractivity contribution in [1.82, 2.24) is 0 Å². The van der Waals surface area contributed by atoms with E-state index < -0.39 is 0 Å². The van der Waals surface area contributed by atoms with E-state index in [1.54, 1.807) is 45.3 Å². The van der Waals surface area contributed by atoms with E-state index in [1.165, 1.54) is 39.0 Å². The van der Waals surface area contributed by atoms with Gasteiger partial charge in [0.05, 0.1) is 0 Å². The van der Waals surface area contributed by atoms with Crippen molar-refractivity contribution in [3.8, 4) is 0 Å². The van der Waals surface area contributed by atoms with Crippen molar-refractivity contribution in [3.05, 3.63) is 131 Å². The Morgan fingerprint density at radius 1 is 0.286 bits per heavy atom. The summed E-state index contributed by atoms with van der Waals surface area (Å²) >= 11 is 9.08. The van der Waals surface area contributed by atoms with E-state index in [1.807, 2.05) is 47.7 Å². The van der Waals surface area contributed by atoms with E-state index in [0.29, 0.717) is 0 Å². The highest BCUT2D eigenvalue weighted by atomic mass is 32.1. The molecule has 3 aromatic carbocycles. The summed E-state index contributed by atoms with van der Waals surface area (Å²) < 4.78 is 8.41. The molecule has 0 aliphatic rings. The van der Waals surface area contributed by atoms with Crippen LogP contribution in [0.25, 0.3) is 39.0 Å². The van der Waals surface area contributed by atoms with Crippen LogP contribution in [-0.2, 0) is 0 Å². The molecule has 0 saturated carbocycles. The van der Waals surface area contributed by atoms with Gasteiger partial charge in [0.15, 0.2) is 0 Å². The van der Waals surface area contributed by atoms with Crippen LogP contribution in [0.1, 0.15) is 0 Å². The molecule has 5 aromatic heterocycles. The van der Waals surface area contributed by atoms with Gasteiger partial charge in [0.1, 0.15) is 0 Å². The van der Waals surface area contributed by atoms with Crippen LogP contribution >= 0.6 is 56.7 Å². The maximum atomic E-state index is 2.19. The molecule has 172 valence electrons. The topological polar surface area (TPSA) is 0 Å². The van der Waals surface area contributed by atoms with E-state index in [4.69, 9.17) is 0 Å². The molecule has 0 aliphatic heterocycles. The molecule has 0 atom stereocenters. The highest BCUT2D eigenvalue weighted by Crippen LogP contribution is 2.33. The summed E-state index contributed by atoms with van der Waals surface area (Å²) in [7, 11) is 0. The SMILES string of the molecule is c1cc2sccc2s1.c1cc2sccc2s1.c1ccc2c(c1)sc1ccccc12.c1ccccc1. The van der Waals surface area contributed by atoms with Gasteiger partial charge in [-0.15, -0.1) is 56.7 Å². The third-order valence-electron chi connectivity index (χ3n) is 5.09. The van der Waals surface area contributed by atoms with E-state index in [0.717, 1.165) is 0 Å². The van der Waals surface area contributed by atoms with Gasteiger partial charge in [-0.2, -0.15) is 0 Å². The number of hydrogen-bond acceptors (Lipinski definition) is 5. The summed E-state index contributed by atoms with van der Waals surface area (Å²) in [6, 6.07) is 37.8. The molecule has 0 aliphatic carbocycles. The van der Waals surface area contributed by atoms with E-state index in [-0.39, 0.29) is 0 Å². The lowest BCUT2D eigenvalue weighted by molar-refractivity contribution is 1.72. The number of benzene rings is 3. The molecule has 0 bridgehead atoms. The fraction of sp³-hybridized carbons (Fsp3) is 0. The van der Waals surface area contributed by atoms with Gasteiger partial charge in [-0.3, -0.25) is 0 Å². The van der Waals surface area contributed by atoms with E-state index in [9.17, 15) is 0 Å². The highest BCUT2D eigenvalue weighted by molar-refractivity contribution is 7.26. The summed E-state index contributed by atoms with van der Waals surface area (Å²) in [6.45, 7) is 0. The number of fused-ring (bicyclic) bond motifs is 5. The maximum Gasteiger partial charge on any atom is 0.0450 e. The second kappa shape index (κ2) is 12.2. The molecule has 0 spiro atoms. The van der Waals surface area contributed by atoms with Gasteiger partial charge >= 0.3 is 0 Å². The lowest BCUT2D eigenvalue weighted by atomic mass is 10.2. The van der Waals surface area contributed by atoms with Crippen molar-refractivity contribution in [2.75, 3.05) is 0 Å². The van der Waals surface area contributed by atoms with Gasteiger partial charge < -0.3 is 0 Å². The van der Waals surface area contributed by atoms with Crippen LogP contribution in [0, 0.1) is 0 Å². The Bertz CT molecular complexity index is 1470. The molecule has 0 radical (unpaired) electrons. The first-order chi connectivity index (χ1) is 17.4. The monoisotopic (exact) mass is 542 g/mol. The van der Waals surface area contributed by atoms with Crippen LogP contribution in [0.15, 0.2) is 131 Å². The van der Waals surface area contributed by atoms with Crippen molar-refractivity contribution in [2.45, 2.75) is 0 Å². The fourth-order valence-electron chi connectivity index (χ4n) is 3.45. The summed E-state index contributed by atoms with van der Waals surface area (Å²) in [5, 5.41) is 11.3. The molecule has 5 heteroatoms. The zero-order valence-electron chi connectivity index (χ0n) is 18.7. The van der Waals surface area contributed by atoms with Gasteiger partial charge in [-0.25, -0.2) is 0 Å². The Balaban J connectivity index is 0.000000101. The molecule has 8 aromatic rings. The van der Waals surface area contributed by atoms with Crippen LogP contribution < -0.4 is 0 Å². The molecule has 35 heavy (non-hydrogen) atoms. The Labute approximate surface area is 225 Å². The third kappa shape index (κ3) is 6.26. The zero-order valence-corrected chi connectivity index (χ0v) is 22.8. The summed E-state index contributed by atoms with van der Waals surface area (Å²) in [5.74, 6) is 0. The molecular formula is C30H22S5. The van der Waals surface area contributed by atoms with Gasteiger partial charge in [-0.1, -0.05) is 72.8 Å². The van der Waals surface area contributed by atoms with Crippen molar-refractivity contribution >= 4 is 95.7 Å². The first-order valence-electron chi connectivity index (χ1n) is 11.1. The minimum absolute atomic E-state index is 1.38. The van der Waals surface area contributed by atoms with Crippen LogP contribution in [0.3, 0.4) is 0 Å². The van der Waals surface area contributed by atoms with Crippen LogP contribution in [-0.4, -0.2) is 0 Å². The molecule has 0 N–H and O–H groups in total. The van der Waals surface area contributed by atoms with E-state index in [2.05, 4.69) is 94.3 Å². The molecular weight excluding hydrogens is 521 g/mol. The molecule has 0 amide bonds. The lowest BCUT2D eigenvalue weighted by Gasteiger charge is -1.88. The average Bonchev–Trinajstić information content (AvgIpc) is 3.72. The minimum Gasteiger partial charge on any atom is -0.143 e. The molecule has 0 saturated heterocycles. The maximum absolute atomic E-state index is 2.19. The predicted octanol–water partition coefficient (Wildman–Crippen LogP) is 11.7. The standard InChI is InChI=1S/C12H8S.2C6H4S2.C6H6/c1-3-7-11-9(5-1)10-6-2-4-8-12(10)13-11;2*1-3-7-6-2-4-8-5(1)6;1-2-4-6-5-3-1/h1-8H;2*1-4H;1-6H. The average molecular weight is 543 g/mol. The van der Waals surface area contributed by atoms with Crippen LogP contribution in [0.4, 0.5) is 0 Å². The largest absolute Gasteiger partial charge is 0.143 e. The Kier molecular flexibility index (Phi) is 8.37. The normalized spacial score (nSPS) is 10.3. The highest BCUT2D eigenvalue weighted by Gasteiger charge is 2.01. The van der Waals surface area contributed by atoms with Crippen molar-refractivity contribution in [3.63, 3.8) is 0 Å². The van der Waals surface area contributed by atoms with Gasteiger partial charge in [0.2, 0.25) is 0 Å². The summed E-state index contributed by atoms with van der Waals surface area (Å²) in [4.78, 5) is 0. The molecule has 0 nitrogen and oxygen atoms in total. The third-order valence-corrected chi connectivity index (χ3v) is 10.0. The van der Waals surface area contributed by atoms with Crippen molar-refractivity contribution < 1.29 is 0 Å². The fourth-order valence-corrected chi connectivity index (χ4v) is 8.21. The second-order valence-electron chi connectivity index (χ2n) is 7.39. The molecule has 5 heterocycles. The summed E-state index contributed by atoms with van der Waals surface area (Å²) in [5.41, 5.74) is 0. The first-order valence-corrected chi connectivity index (χ1v) is 15.4. The minimum atomic E-state index is 1.38. The number of thiophene rings is 5. The van der Waals surface area contributed by atoms with Gasteiger partial charge in [0.25, 0.3) is 0 Å². The smallest absolute Gasteiger partial charge is 0.0450 e. The lowest BCUT2D eigenvalue weighted by Crippen LogP contribution is -1.62. The Morgan fingerprint density at radius 3 is 0.943 bits per heavy atom. The first kappa shape index (κ1) is 23.9. The van der Waals surface area contributed by atoms with Gasteiger partial charge in [-0.05, 0) is 57.9 Å². The van der Waals surface area contributed by atoms with Crippen molar-refractivity contribution in [1.29, 1.82) is 0 Å². The van der Waals surface area contributed by atoms with E-state index >= 15 is 0 Å². The van der Waals surface area contributed by atoms with Crippen molar-refractivity contribution in [2.24, 2.45) is 0 Å². The number of hydrogen-bond donors (Lipinski definition) is 0. The van der Waals surface area contributed by atoms with Crippen LogP contribution in [0.5, 0.6) is 0 Å². The summed E-state index contributed by atoms with van der Waals surface area (Å²) in [6.07, 6.45) is 0. The molecule has 8 rings (SSSR count). The Morgan fingerprint density at radius 2 is 0.600 bits per heavy atom.